The van der Waals surface area contributed by atoms with Gasteiger partial charge in [-0.2, -0.15) is 5.10 Å². The number of aromatic nitrogens is 4. The summed E-state index contributed by atoms with van der Waals surface area (Å²) in [7, 11) is 4.17. The van der Waals surface area contributed by atoms with Crippen LogP contribution in [0.1, 0.15) is 17.1 Å². The van der Waals surface area contributed by atoms with E-state index in [1.165, 1.54) is 11.3 Å². The summed E-state index contributed by atoms with van der Waals surface area (Å²) in [6.45, 7) is 3.75. The third kappa shape index (κ3) is 3.09. The molecule has 5 nitrogen and oxygen atoms in total. The zero-order valence-electron chi connectivity index (χ0n) is 13.3. The van der Waals surface area contributed by atoms with E-state index in [9.17, 15) is 0 Å². The van der Waals surface area contributed by atoms with Crippen LogP contribution < -0.4 is 0 Å². The molecule has 0 spiro atoms. The Labute approximate surface area is 130 Å². The molecule has 0 atom stereocenters. The average Bonchev–Trinajstić information content (AvgIpc) is 3.10. The molecule has 3 aromatic rings. The minimum absolute atomic E-state index is 0.858. The number of imidazole rings is 1. The number of hydrogen-bond acceptors (Lipinski definition) is 3. The van der Waals surface area contributed by atoms with Gasteiger partial charge in [-0.3, -0.25) is 4.90 Å². The van der Waals surface area contributed by atoms with Gasteiger partial charge in [0.1, 0.15) is 5.82 Å². The fourth-order valence-electron chi connectivity index (χ4n) is 2.50. The Morgan fingerprint density at radius 2 is 1.86 bits per heavy atom. The van der Waals surface area contributed by atoms with Crippen LogP contribution in [0.3, 0.4) is 0 Å². The van der Waals surface area contributed by atoms with E-state index >= 15 is 0 Å². The molecule has 0 aliphatic carbocycles. The van der Waals surface area contributed by atoms with Crippen LogP contribution >= 0.6 is 0 Å². The first-order valence-corrected chi connectivity index (χ1v) is 7.38. The topological polar surface area (TPSA) is 38.9 Å². The highest BCUT2D eigenvalue weighted by molar-refractivity contribution is 5.30. The van der Waals surface area contributed by atoms with Crippen molar-refractivity contribution < 1.29 is 0 Å². The van der Waals surface area contributed by atoms with Crippen LogP contribution in [-0.2, 0) is 20.1 Å². The van der Waals surface area contributed by atoms with Crippen molar-refractivity contribution in [3.05, 3.63) is 66.0 Å². The summed E-state index contributed by atoms with van der Waals surface area (Å²) in [5.41, 5.74) is 3.50. The van der Waals surface area contributed by atoms with Gasteiger partial charge in [0.2, 0.25) is 0 Å². The largest absolute Gasteiger partial charge is 0.334 e. The maximum atomic E-state index is 4.44. The SMILES string of the molecule is Cc1ncc(CN(C)Cc2cnn(-c3ccccc3)c2)n1C. The van der Waals surface area contributed by atoms with Crippen molar-refractivity contribution in [3.8, 4) is 5.69 Å². The molecule has 2 aromatic heterocycles. The molecular formula is C17H21N5. The maximum absolute atomic E-state index is 4.44. The van der Waals surface area contributed by atoms with E-state index < -0.39 is 0 Å². The van der Waals surface area contributed by atoms with Crippen LogP contribution in [0.5, 0.6) is 0 Å². The molecule has 0 fully saturated rings. The first kappa shape index (κ1) is 14.5. The van der Waals surface area contributed by atoms with Gasteiger partial charge in [-0.1, -0.05) is 18.2 Å². The van der Waals surface area contributed by atoms with Crippen LogP contribution in [-0.4, -0.2) is 31.3 Å². The van der Waals surface area contributed by atoms with Gasteiger partial charge in [-0.05, 0) is 26.1 Å². The lowest BCUT2D eigenvalue weighted by molar-refractivity contribution is 0.311. The maximum Gasteiger partial charge on any atom is 0.105 e. The number of aryl methyl sites for hydroxylation is 1. The molecule has 0 amide bonds. The van der Waals surface area contributed by atoms with Gasteiger partial charge < -0.3 is 4.57 Å². The number of nitrogens with zero attached hydrogens (tertiary/aromatic N) is 5. The van der Waals surface area contributed by atoms with Crippen LogP contribution in [0.25, 0.3) is 5.69 Å². The zero-order valence-corrected chi connectivity index (χ0v) is 13.3. The Hall–Kier alpha value is -2.40. The second-order valence-electron chi connectivity index (χ2n) is 5.66. The molecule has 0 saturated heterocycles. The second kappa shape index (κ2) is 6.15. The van der Waals surface area contributed by atoms with Gasteiger partial charge >= 0.3 is 0 Å². The smallest absolute Gasteiger partial charge is 0.105 e. The van der Waals surface area contributed by atoms with Crippen molar-refractivity contribution in [3.63, 3.8) is 0 Å². The third-order valence-electron chi connectivity index (χ3n) is 3.86. The van der Waals surface area contributed by atoms with Crippen LogP contribution in [0.2, 0.25) is 0 Å². The molecule has 0 bridgehead atoms. The van der Waals surface area contributed by atoms with Crippen molar-refractivity contribution in [2.75, 3.05) is 7.05 Å². The Kier molecular flexibility index (Phi) is 4.06. The molecule has 3 rings (SSSR count). The average molecular weight is 295 g/mol. The molecule has 2 heterocycles. The number of hydrogen-bond donors (Lipinski definition) is 0. The second-order valence-corrected chi connectivity index (χ2v) is 5.66. The first-order valence-electron chi connectivity index (χ1n) is 7.38. The van der Waals surface area contributed by atoms with Crippen molar-refractivity contribution >= 4 is 0 Å². The number of rotatable bonds is 5. The number of benzene rings is 1. The van der Waals surface area contributed by atoms with E-state index in [2.05, 4.69) is 52.0 Å². The molecule has 1 aromatic carbocycles. The Morgan fingerprint density at radius 1 is 1.09 bits per heavy atom. The van der Waals surface area contributed by atoms with E-state index in [-0.39, 0.29) is 0 Å². The Morgan fingerprint density at radius 3 is 2.55 bits per heavy atom. The van der Waals surface area contributed by atoms with Crippen LogP contribution in [0.15, 0.2) is 48.9 Å². The van der Waals surface area contributed by atoms with E-state index in [1.54, 1.807) is 0 Å². The Balaban J connectivity index is 1.66. The highest BCUT2D eigenvalue weighted by Crippen LogP contribution is 2.11. The fourth-order valence-corrected chi connectivity index (χ4v) is 2.50. The van der Waals surface area contributed by atoms with Crippen molar-refractivity contribution in [2.45, 2.75) is 20.0 Å². The summed E-state index contributed by atoms with van der Waals surface area (Å²) < 4.78 is 4.04. The standard InChI is InChI=1S/C17H21N5/c1-14-18-10-17(21(14)3)13-20(2)11-15-9-19-22(12-15)16-7-5-4-6-8-16/h4-10,12H,11,13H2,1-3H3. The lowest BCUT2D eigenvalue weighted by Crippen LogP contribution is -2.18. The van der Waals surface area contributed by atoms with Crippen molar-refractivity contribution in [1.29, 1.82) is 0 Å². The molecule has 114 valence electrons. The van der Waals surface area contributed by atoms with Gasteiger partial charge in [0.25, 0.3) is 0 Å². The fraction of sp³-hybridized carbons (Fsp3) is 0.294. The van der Waals surface area contributed by atoms with Crippen LogP contribution in [0.4, 0.5) is 0 Å². The quantitative estimate of drug-likeness (QED) is 0.726. The van der Waals surface area contributed by atoms with E-state index in [0.29, 0.717) is 0 Å². The van der Waals surface area contributed by atoms with E-state index in [4.69, 9.17) is 0 Å². The molecule has 0 aliphatic heterocycles. The normalized spacial score (nSPS) is 11.3. The summed E-state index contributed by atoms with van der Waals surface area (Å²) in [5.74, 6) is 1.04. The molecule has 5 heteroatoms. The first-order chi connectivity index (χ1) is 10.6. The van der Waals surface area contributed by atoms with Crippen LogP contribution in [0, 0.1) is 6.92 Å². The molecule has 22 heavy (non-hydrogen) atoms. The minimum atomic E-state index is 0.858. The summed E-state index contributed by atoms with van der Waals surface area (Å²) in [6, 6.07) is 10.2. The molecule has 0 unspecified atom stereocenters. The van der Waals surface area contributed by atoms with Gasteiger partial charge in [-0.25, -0.2) is 9.67 Å². The van der Waals surface area contributed by atoms with Gasteiger partial charge in [0.05, 0.1) is 17.6 Å². The lowest BCUT2D eigenvalue weighted by Gasteiger charge is -2.15. The highest BCUT2D eigenvalue weighted by atomic mass is 15.3. The summed E-state index contributed by atoms with van der Waals surface area (Å²) >= 11 is 0. The highest BCUT2D eigenvalue weighted by Gasteiger charge is 2.08. The summed E-state index contributed by atoms with van der Waals surface area (Å²) in [5, 5.41) is 4.44. The van der Waals surface area contributed by atoms with Crippen molar-refractivity contribution in [1.82, 2.24) is 24.2 Å². The van der Waals surface area contributed by atoms with Crippen molar-refractivity contribution in [2.24, 2.45) is 7.05 Å². The summed E-state index contributed by atoms with van der Waals surface area (Å²) in [4.78, 5) is 6.61. The number of para-hydroxylation sites is 1. The van der Waals surface area contributed by atoms with Gasteiger partial charge in [0.15, 0.2) is 0 Å². The molecule has 0 N–H and O–H groups in total. The molecule has 0 saturated carbocycles. The Bertz CT molecular complexity index is 742. The zero-order chi connectivity index (χ0) is 15.5. The molecular weight excluding hydrogens is 274 g/mol. The van der Waals surface area contributed by atoms with Gasteiger partial charge in [-0.15, -0.1) is 0 Å². The molecule has 0 radical (unpaired) electrons. The summed E-state index contributed by atoms with van der Waals surface area (Å²) in [6.07, 6.45) is 5.96. The third-order valence-corrected chi connectivity index (χ3v) is 3.86. The predicted octanol–water partition coefficient (Wildman–Crippen LogP) is 2.55. The predicted molar refractivity (Wildman–Crippen MR) is 86.7 cm³/mol. The van der Waals surface area contributed by atoms with Gasteiger partial charge in [0, 0.05) is 38.1 Å². The minimum Gasteiger partial charge on any atom is -0.334 e. The molecule has 0 aliphatic rings. The monoisotopic (exact) mass is 295 g/mol. The van der Waals surface area contributed by atoms with E-state index in [1.807, 2.05) is 42.2 Å². The lowest BCUT2D eigenvalue weighted by atomic mass is 10.3. The van der Waals surface area contributed by atoms with E-state index in [0.717, 1.165) is 24.6 Å².